The fraction of sp³-hybridized carbons (Fsp3) is 0.368. The number of benzene rings is 1. The lowest BCUT2D eigenvalue weighted by molar-refractivity contribution is -0.131. The van der Waals surface area contributed by atoms with E-state index in [1.54, 1.807) is 15.8 Å². The van der Waals surface area contributed by atoms with Gasteiger partial charge >= 0.3 is 0 Å². The molecular formula is C19H23N5O2. The quantitative estimate of drug-likeness (QED) is 0.704. The summed E-state index contributed by atoms with van der Waals surface area (Å²) in [6.45, 7) is 8.76. The lowest BCUT2D eigenvalue weighted by Crippen LogP contribution is -2.37. The standard InChI is InChI=1S/C19H23N5O2/c1-5-22(6-2)17(25)12-23-19(26)18-15(14(4)21-23)11-20-24(18)16-10-8-7-9-13(16)3/h7-11H,5-6,12H2,1-4H3. The van der Waals surface area contributed by atoms with E-state index in [4.69, 9.17) is 0 Å². The van der Waals surface area contributed by atoms with Crippen molar-refractivity contribution in [3.8, 4) is 5.69 Å². The van der Waals surface area contributed by atoms with Gasteiger partial charge in [0.15, 0.2) is 0 Å². The van der Waals surface area contributed by atoms with E-state index >= 15 is 0 Å². The van der Waals surface area contributed by atoms with Gasteiger partial charge in [-0.2, -0.15) is 10.2 Å². The van der Waals surface area contributed by atoms with Gasteiger partial charge in [-0.1, -0.05) is 18.2 Å². The molecule has 0 aliphatic heterocycles. The molecule has 26 heavy (non-hydrogen) atoms. The van der Waals surface area contributed by atoms with Crippen molar-refractivity contribution in [3.63, 3.8) is 0 Å². The molecule has 7 heteroatoms. The Bertz CT molecular complexity index is 1010. The number of amides is 1. The number of carbonyl (C=O) groups is 1. The Hall–Kier alpha value is -2.96. The summed E-state index contributed by atoms with van der Waals surface area (Å²) in [6, 6.07) is 7.74. The Morgan fingerprint density at radius 1 is 1.15 bits per heavy atom. The number of hydrogen-bond donors (Lipinski definition) is 0. The number of rotatable bonds is 5. The van der Waals surface area contributed by atoms with Crippen molar-refractivity contribution in [2.75, 3.05) is 13.1 Å². The summed E-state index contributed by atoms with van der Waals surface area (Å²) in [5.41, 5.74) is 2.65. The highest BCUT2D eigenvalue weighted by atomic mass is 16.2. The van der Waals surface area contributed by atoms with Gasteiger partial charge in [0, 0.05) is 18.5 Å². The number of aromatic nitrogens is 4. The largest absolute Gasteiger partial charge is 0.342 e. The molecule has 7 nitrogen and oxygen atoms in total. The molecule has 0 saturated carbocycles. The van der Waals surface area contributed by atoms with Gasteiger partial charge < -0.3 is 4.90 Å². The van der Waals surface area contributed by atoms with E-state index in [1.807, 2.05) is 52.0 Å². The van der Waals surface area contributed by atoms with Gasteiger partial charge in [-0.25, -0.2) is 9.36 Å². The molecule has 0 atom stereocenters. The van der Waals surface area contributed by atoms with Crippen LogP contribution in [0.25, 0.3) is 16.6 Å². The van der Waals surface area contributed by atoms with E-state index in [9.17, 15) is 9.59 Å². The summed E-state index contributed by atoms with van der Waals surface area (Å²) in [5.74, 6) is -0.120. The third kappa shape index (κ3) is 3.00. The van der Waals surface area contributed by atoms with Gasteiger partial charge in [0.05, 0.1) is 17.6 Å². The summed E-state index contributed by atoms with van der Waals surface area (Å²) in [6.07, 6.45) is 1.65. The summed E-state index contributed by atoms with van der Waals surface area (Å²) in [7, 11) is 0. The molecule has 1 amide bonds. The van der Waals surface area contributed by atoms with Crippen molar-refractivity contribution in [1.29, 1.82) is 0 Å². The van der Waals surface area contributed by atoms with Gasteiger partial charge in [-0.05, 0) is 39.3 Å². The van der Waals surface area contributed by atoms with Crippen LogP contribution in [0.15, 0.2) is 35.3 Å². The number of para-hydroxylation sites is 1. The molecule has 0 aliphatic rings. The fourth-order valence-electron chi connectivity index (χ4n) is 3.12. The highest BCUT2D eigenvalue weighted by molar-refractivity contribution is 5.82. The Labute approximate surface area is 151 Å². The van der Waals surface area contributed by atoms with E-state index in [1.165, 1.54) is 4.68 Å². The summed E-state index contributed by atoms with van der Waals surface area (Å²) < 4.78 is 2.88. The first kappa shape index (κ1) is 17.8. The zero-order chi connectivity index (χ0) is 18.8. The maximum absolute atomic E-state index is 13.1. The van der Waals surface area contributed by atoms with Crippen molar-refractivity contribution >= 4 is 16.8 Å². The van der Waals surface area contributed by atoms with E-state index < -0.39 is 0 Å². The van der Waals surface area contributed by atoms with Gasteiger partial charge in [0.2, 0.25) is 5.91 Å². The van der Waals surface area contributed by atoms with Crippen molar-refractivity contribution in [3.05, 3.63) is 52.1 Å². The Morgan fingerprint density at radius 2 is 1.85 bits per heavy atom. The van der Waals surface area contributed by atoms with Crippen LogP contribution in [-0.4, -0.2) is 43.5 Å². The first-order valence-corrected chi connectivity index (χ1v) is 8.77. The molecule has 0 saturated heterocycles. The topological polar surface area (TPSA) is 73.0 Å². The minimum atomic E-state index is -0.313. The van der Waals surface area contributed by atoms with Crippen LogP contribution in [0.2, 0.25) is 0 Å². The van der Waals surface area contributed by atoms with E-state index in [2.05, 4.69) is 10.2 Å². The first-order valence-electron chi connectivity index (χ1n) is 8.77. The first-order chi connectivity index (χ1) is 12.5. The minimum absolute atomic E-state index is 0.0732. The van der Waals surface area contributed by atoms with Crippen LogP contribution in [0.3, 0.4) is 0 Å². The Kier molecular flexibility index (Phi) is 4.88. The molecule has 0 N–H and O–H groups in total. The smallest absolute Gasteiger partial charge is 0.293 e. The molecule has 0 unspecified atom stereocenters. The normalized spacial score (nSPS) is 11.1. The zero-order valence-corrected chi connectivity index (χ0v) is 15.6. The number of hydrogen-bond acceptors (Lipinski definition) is 4. The number of aryl methyl sites for hydroxylation is 2. The highest BCUT2D eigenvalue weighted by Crippen LogP contribution is 2.19. The predicted molar refractivity (Wildman–Crippen MR) is 101 cm³/mol. The Morgan fingerprint density at radius 3 is 2.50 bits per heavy atom. The SMILES string of the molecule is CCN(CC)C(=O)Cn1nc(C)c2cnn(-c3ccccc3C)c2c1=O. The molecule has 2 aromatic heterocycles. The van der Waals surface area contributed by atoms with Crippen molar-refractivity contribution in [2.45, 2.75) is 34.2 Å². The molecule has 0 spiro atoms. The van der Waals surface area contributed by atoms with Crippen molar-refractivity contribution in [2.24, 2.45) is 0 Å². The summed E-state index contributed by atoms with van der Waals surface area (Å²) in [5, 5.41) is 9.43. The third-order valence-corrected chi connectivity index (χ3v) is 4.61. The average molecular weight is 353 g/mol. The van der Waals surface area contributed by atoms with Crippen LogP contribution >= 0.6 is 0 Å². The fourth-order valence-corrected chi connectivity index (χ4v) is 3.12. The van der Waals surface area contributed by atoms with Crippen molar-refractivity contribution in [1.82, 2.24) is 24.5 Å². The van der Waals surface area contributed by atoms with Gasteiger partial charge in [-0.15, -0.1) is 0 Å². The molecule has 2 heterocycles. The lowest BCUT2D eigenvalue weighted by atomic mass is 10.2. The van der Waals surface area contributed by atoms with Crippen LogP contribution in [0.5, 0.6) is 0 Å². The van der Waals surface area contributed by atoms with E-state index in [-0.39, 0.29) is 18.0 Å². The number of nitrogens with zero attached hydrogens (tertiary/aromatic N) is 5. The van der Waals surface area contributed by atoms with Crippen LogP contribution < -0.4 is 5.56 Å². The summed E-state index contributed by atoms with van der Waals surface area (Å²) >= 11 is 0. The monoisotopic (exact) mass is 353 g/mol. The molecule has 3 rings (SSSR count). The number of fused-ring (bicyclic) bond motifs is 1. The second kappa shape index (κ2) is 7.11. The highest BCUT2D eigenvalue weighted by Gasteiger charge is 2.18. The second-order valence-corrected chi connectivity index (χ2v) is 6.22. The van der Waals surface area contributed by atoms with Crippen LogP contribution in [0.1, 0.15) is 25.1 Å². The number of likely N-dealkylation sites (N-methyl/N-ethyl adjacent to an activating group) is 1. The zero-order valence-electron chi connectivity index (χ0n) is 15.6. The molecule has 136 valence electrons. The maximum Gasteiger partial charge on any atom is 0.293 e. The van der Waals surface area contributed by atoms with Crippen LogP contribution in [0, 0.1) is 13.8 Å². The third-order valence-electron chi connectivity index (χ3n) is 4.61. The molecule has 0 bridgehead atoms. The van der Waals surface area contributed by atoms with Gasteiger partial charge in [0.25, 0.3) is 5.56 Å². The van der Waals surface area contributed by atoms with Crippen molar-refractivity contribution < 1.29 is 4.79 Å². The van der Waals surface area contributed by atoms with Crippen LogP contribution in [0.4, 0.5) is 0 Å². The minimum Gasteiger partial charge on any atom is -0.342 e. The van der Waals surface area contributed by atoms with E-state index in [0.29, 0.717) is 29.7 Å². The number of carbonyl (C=O) groups excluding carboxylic acids is 1. The molecule has 0 aliphatic carbocycles. The second-order valence-electron chi connectivity index (χ2n) is 6.22. The predicted octanol–water partition coefficient (Wildman–Crippen LogP) is 2.07. The molecule has 0 radical (unpaired) electrons. The molecule has 1 aromatic carbocycles. The molecule has 0 fully saturated rings. The summed E-state index contributed by atoms with van der Waals surface area (Å²) in [4.78, 5) is 27.2. The van der Waals surface area contributed by atoms with E-state index in [0.717, 1.165) is 11.3 Å². The van der Waals surface area contributed by atoms with Gasteiger partial charge in [0.1, 0.15) is 12.1 Å². The molecular weight excluding hydrogens is 330 g/mol. The maximum atomic E-state index is 13.1. The Balaban J connectivity index is 2.15. The average Bonchev–Trinajstić information content (AvgIpc) is 3.06. The molecule has 3 aromatic rings. The lowest BCUT2D eigenvalue weighted by Gasteiger charge is -2.19. The van der Waals surface area contributed by atoms with Gasteiger partial charge in [-0.3, -0.25) is 9.59 Å². The van der Waals surface area contributed by atoms with Crippen LogP contribution in [-0.2, 0) is 11.3 Å².